The Hall–Kier alpha value is -1.99. The minimum absolute atomic E-state index is 0.127. The maximum Gasteiger partial charge on any atom is 0.253 e. The first kappa shape index (κ1) is 18.8. The molecular formula is C19H22N2O3S2. The molecule has 1 amide bonds. The smallest absolute Gasteiger partial charge is 0.253 e. The SMILES string of the molecule is CSc1ccc(CN(C)C(=O)c2cccc(N3CCCS3(=O)=O)c2)cc1. The molecule has 0 saturated carbocycles. The second-order valence-corrected chi connectivity index (χ2v) is 9.19. The van der Waals surface area contributed by atoms with Crippen molar-refractivity contribution in [2.24, 2.45) is 0 Å². The van der Waals surface area contributed by atoms with Crippen LogP contribution in [0.15, 0.2) is 53.4 Å². The summed E-state index contributed by atoms with van der Waals surface area (Å²) in [6.07, 6.45) is 2.64. The van der Waals surface area contributed by atoms with Crippen molar-refractivity contribution in [3.8, 4) is 0 Å². The third-order valence-electron chi connectivity index (χ3n) is 4.41. The van der Waals surface area contributed by atoms with Crippen molar-refractivity contribution >= 4 is 33.4 Å². The lowest BCUT2D eigenvalue weighted by atomic mass is 10.1. The Morgan fingerprint density at radius 3 is 2.54 bits per heavy atom. The fourth-order valence-corrected chi connectivity index (χ4v) is 4.99. The standard InChI is InChI=1S/C19H22N2O3S2/c1-20(14-15-7-9-18(25-2)10-8-15)19(22)16-5-3-6-17(13-16)21-11-4-12-26(21,23)24/h3,5-10,13H,4,11-12,14H2,1-2H3. The Bertz CT molecular complexity index is 895. The van der Waals surface area contributed by atoms with E-state index in [1.807, 2.05) is 30.5 Å². The van der Waals surface area contributed by atoms with Gasteiger partial charge in [-0.3, -0.25) is 9.10 Å². The predicted octanol–water partition coefficient (Wildman–Crippen LogP) is 3.22. The molecule has 1 fully saturated rings. The Labute approximate surface area is 159 Å². The second-order valence-electron chi connectivity index (χ2n) is 6.30. The molecule has 0 N–H and O–H groups in total. The van der Waals surface area contributed by atoms with E-state index in [1.165, 1.54) is 9.20 Å². The third-order valence-corrected chi connectivity index (χ3v) is 7.02. The van der Waals surface area contributed by atoms with E-state index < -0.39 is 10.0 Å². The molecule has 0 bridgehead atoms. The van der Waals surface area contributed by atoms with E-state index in [0.29, 0.717) is 30.8 Å². The van der Waals surface area contributed by atoms with Crippen molar-refractivity contribution < 1.29 is 13.2 Å². The Kier molecular flexibility index (Phi) is 5.58. The van der Waals surface area contributed by atoms with E-state index in [4.69, 9.17) is 0 Å². The molecule has 0 aromatic heterocycles. The third kappa shape index (κ3) is 4.04. The van der Waals surface area contributed by atoms with Crippen molar-refractivity contribution in [1.29, 1.82) is 0 Å². The number of amides is 1. The van der Waals surface area contributed by atoms with E-state index in [-0.39, 0.29) is 11.7 Å². The van der Waals surface area contributed by atoms with Crippen molar-refractivity contribution in [3.05, 3.63) is 59.7 Å². The van der Waals surface area contributed by atoms with Crippen LogP contribution in [0.3, 0.4) is 0 Å². The summed E-state index contributed by atoms with van der Waals surface area (Å²) in [5, 5.41) is 0. The lowest BCUT2D eigenvalue weighted by molar-refractivity contribution is 0.0785. The molecule has 0 aliphatic carbocycles. The average molecular weight is 391 g/mol. The maximum atomic E-state index is 12.8. The highest BCUT2D eigenvalue weighted by Gasteiger charge is 2.28. The van der Waals surface area contributed by atoms with Crippen LogP contribution in [-0.4, -0.2) is 44.8 Å². The van der Waals surface area contributed by atoms with E-state index in [0.717, 1.165) is 5.56 Å². The van der Waals surface area contributed by atoms with E-state index in [1.54, 1.807) is 48.0 Å². The summed E-state index contributed by atoms with van der Waals surface area (Å²) in [7, 11) is -1.50. The molecule has 0 atom stereocenters. The fourth-order valence-electron chi connectivity index (χ4n) is 3.02. The van der Waals surface area contributed by atoms with Crippen molar-refractivity contribution in [2.45, 2.75) is 17.9 Å². The van der Waals surface area contributed by atoms with Crippen molar-refractivity contribution in [1.82, 2.24) is 4.90 Å². The van der Waals surface area contributed by atoms with Crippen LogP contribution < -0.4 is 4.31 Å². The van der Waals surface area contributed by atoms with Gasteiger partial charge in [-0.1, -0.05) is 18.2 Å². The summed E-state index contributed by atoms with van der Waals surface area (Å²) in [5.41, 5.74) is 2.11. The normalized spacial score (nSPS) is 15.8. The lowest BCUT2D eigenvalue weighted by Crippen LogP contribution is -2.28. The minimum Gasteiger partial charge on any atom is -0.337 e. The van der Waals surface area contributed by atoms with Gasteiger partial charge in [-0.25, -0.2) is 8.42 Å². The Balaban J connectivity index is 1.75. The first-order valence-corrected chi connectivity index (χ1v) is 11.2. The highest BCUT2D eigenvalue weighted by Crippen LogP contribution is 2.25. The number of rotatable bonds is 5. The number of carbonyl (C=O) groups is 1. The molecule has 2 aromatic rings. The van der Waals surface area contributed by atoms with Crippen molar-refractivity contribution in [3.63, 3.8) is 0 Å². The number of anilines is 1. The predicted molar refractivity (Wildman–Crippen MR) is 106 cm³/mol. The van der Waals surface area contributed by atoms with Gasteiger partial charge in [-0.2, -0.15) is 0 Å². The molecule has 3 rings (SSSR count). The lowest BCUT2D eigenvalue weighted by Gasteiger charge is -2.20. The number of thioether (sulfide) groups is 1. The number of benzene rings is 2. The molecule has 0 radical (unpaired) electrons. The van der Waals surface area contributed by atoms with Gasteiger partial charge >= 0.3 is 0 Å². The highest BCUT2D eigenvalue weighted by atomic mass is 32.2. The van der Waals surface area contributed by atoms with Crippen LogP contribution in [0.1, 0.15) is 22.3 Å². The monoisotopic (exact) mass is 390 g/mol. The summed E-state index contributed by atoms with van der Waals surface area (Å²) in [6.45, 7) is 0.970. The Morgan fingerprint density at radius 2 is 1.92 bits per heavy atom. The van der Waals surface area contributed by atoms with Gasteiger partial charge in [0.25, 0.3) is 5.91 Å². The Morgan fingerprint density at radius 1 is 1.19 bits per heavy atom. The minimum atomic E-state index is -3.25. The number of sulfonamides is 1. The zero-order valence-electron chi connectivity index (χ0n) is 14.9. The molecule has 1 heterocycles. The first-order valence-electron chi connectivity index (χ1n) is 8.39. The molecule has 0 spiro atoms. The maximum absolute atomic E-state index is 12.8. The number of hydrogen-bond donors (Lipinski definition) is 0. The number of carbonyl (C=O) groups excluding carboxylic acids is 1. The zero-order valence-corrected chi connectivity index (χ0v) is 16.5. The van der Waals surface area contributed by atoms with Crippen LogP contribution in [-0.2, 0) is 16.6 Å². The van der Waals surface area contributed by atoms with Crippen LogP contribution in [0.5, 0.6) is 0 Å². The zero-order chi connectivity index (χ0) is 18.7. The quantitative estimate of drug-likeness (QED) is 0.736. The van der Waals surface area contributed by atoms with Gasteiger partial charge in [-0.15, -0.1) is 11.8 Å². The van der Waals surface area contributed by atoms with Crippen LogP contribution >= 0.6 is 11.8 Å². The molecule has 2 aromatic carbocycles. The van der Waals surface area contributed by atoms with Crippen LogP contribution in [0.25, 0.3) is 0 Å². The highest BCUT2D eigenvalue weighted by molar-refractivity contribution is 7.98. The average Bonchev–Trinajstić information content (AvgIpc) is 3.01. The first-order chi connectivity index (χ1) is 12.4. The summed E-state index contributed by atoms with van der Waals surface area (Å²) in [6, 6.07) is 15.0. The van der Waals surface area contributed by atoms with Gasteiger partial charge < -0.3 is 4.90 Å². The van der Waals surface area contributed by atoms with Gasteiger partial charge in [0.15, 0.2) is 0 Å². The molecule has 26 heavy (non-hydrogen) atoms. The van der Waals surface area contributed by atoms with Gasteiger partial charge in [0, 0.05) is 30.6 Å². The van der Waals surface area contributed by atoms with Gasteiger partial charge in [0.05, 0.1) is 11.4 Å². The summed E-state index contributed by atoms with van der Waals surface area (Å²) in [5.74, 6) is 0.0364. The second kappa shape index (κ2) is 7.72. The van der Waals surface area contributed by atoms with E-state index >= 15 is 0 Å². The summed E-state index contributed by atoms with van der Waals surface area (Å²) < 4.78 is 25.6. The molecule has 7 heteroatoms. The van der Waals surface area contributed by atoms with Crippen LogP contribution in [0.2, 0.25) is 0 Å². The van der Waals surface area contributed by atoms with Crippen LogP contribution in [0, 0.1) is 0 Å². The van der Waals surface area contributed by atoms with Crippen LogP contribution in [0.4, 0.5) is 5.69 Å². The van der Waals surface area contributed by atoms with Crippen molar-refractivity contribution in [2.75, 3.05) is 29.9 Å². The summed E-state index contributed by atoms with van der Waals surface area (Å²) in [4.78, 5) is 15.6. The largest absolute Gasteiger partial charge is 0.337 e. The van der Waals surface area contributed by atoms with Gasteiger partial charge in [0.2, 0.25) is 10.0 Å². The fraction of sp³-hybridized carbons (Fsp3) is 0.316. The number of nitrogens with zero attached hydrogens (tertiary/aromatic N) is 2. The molecular weight excluding hydrogens is 368 g/mol. The topological polar surface area (TPSA) is 57.7 Å². The molecule has 0 unspecified atom stereocenters. The molecule has 138 valence electrons. The molecule has 1 aliphatic rings. The molecule has 5 nitrogen and oxygen atoms in total. The van der Waals surface area contributed by atoms with E-state index in [2.05, 4.69) is 0 Å². The van der Waals surface area contributed by atoms with Gasteiger partial charge in [-0.05, 0) is 48.6 Å². The van der Waals surface area contributed by atoms with E-state index in [9.17, 15) is 13.2 Å². The molecule has 1 saturated heterocycles. The van der Waals surface area contributed by atoms with Gasteiger partial charge in [0.1, 0.15) is 0 Å². The summed E-state index contributed by atoms with van der Waals surface area (Å²) >= 11 is 1.68. The number of hydrogen-bond acceptors (Lipinski definition) is 4. The molecule has 1 aliphatic heterocycles.